The quantitative estimate of drug-likeness (QED) is 0.770. The van der Waals surface area contributed by atoms with Crippen LogP contribution in [0.2, 0.25) is 0 Å². The largest absolute Gasteiger partial charge is 0.392 e. The van der Waals surface area contributed by atoms with Gasteiger partial charge < -0.3 is 16.2 Å². The number of nitrogens with two attached hydrogens (primary N) is 1. The van der Waals surface area contributed by atoms with Gasteiger partial charge in [0.15, 0.2) is 5.13 Å². The van der Waals surface area contributed by atoms with Crippen molar-refractivity contribution in [1.29, 1.82) is 0 Å². The third-order valence-electron chi connectivity index (χ3n) is 6.92. The highest BCUT2D eigenvalue weighted by Crippen LogP contribution is 2.57. The van der Waals surface area contributed by atoms with Gasteiger partial charge in [-0.25, -0.2) is 4.98 Å². The molecule has 5 nitrogen and oxygen atoms in total. The standard InChI is InChI=1S/C19H29N3O2S/c1-9(17(24)21-11-4-5-11)12-6-7-19(3)8-13-15(22-18(20)25-13)10(2)14(19)16(12)23/h9-12,14,16,23H,4-8H2,1-3H3,(H2,20,22)(H,21,24)/t9-,10+,12-,14+,16-,19+/m0/s1. The minimum Gasteiger partial charge on any atom is -0.392 e. The average molecular weight is 364 g/mol. The molecular weight excluding hydrogens is 334 g/mol. The van der Waals surface area contributed by atoms with E-state index in [4.69, 9.17) is 5.73 Å². The van der Waals surface area contributed by atoms with Gasteiger partial charge in [0.05, 0.1) is 11.8 Å². The van der Waals surface area contributed by atoms with Crippen LogP contribution >= 0.6 is 11.3 Å². The first kappa shape index (κ1) is 17.3. The van der Waals surface area contributed by atoms with Crippen LogP contribution in [0, 0.1) is 23.2 Å². The molecule has 0 bridgehead atoms. The van der Waals surface area contributed by atoms with Gasteiger partial charge >= 0.3 is 0 Å². The number of hydrogen-bond donors (Lipinski definition) is 3. The second kappa shape index (κ2) is 5.95. The molecule has 1 aromatic rings. The van der Waals surface area contributed by atoms with E-state index in [0.29, 0.717) is 11.2 Å². The van der Waals surface area contributed by atoms with Crippen LogP contribution in [0.25, 0.3) is 0 Å². The van der Waals surface area contributed by atoms with Crippen molar-refractivity contribution in [3.8, 4) is 0 Å². The van der Waals surface area contributed by atoms with Gasteiger partial charge in [-0.1, -0.05) is 20.8 Å². The van der Waals surface area contributed by atoms with Crippen molar-refractivity contribution >= 4 is 22.4 Å². The van der Waals surface area contributed by atoms with Crippen molar-refractivity contribution in [2.45, 2.75) is 70.9 Å². The topological polar surface area (TPSA) is 88.2 Å². The number of aromatic nitrogens is 1. The Kier molecular flexibility index (Phi) is 4.11. The smallest absolute Gasteiger partial charge is 0.223 e. The van der Waals surface area contributed by atoms with Gasteiger partial charge in [0.25, 0.3) is 0 Å². The molecule has 3 aliphatic rings. The Morgan fingerprint density at radius 2 is 2.16 bits per heavy atom. The average Bonchev–Trinajstić information content (AvgIpc) is 3.27. The van der Waals surface area contributed by atoms with Gasteiger partial charge in [0.1, 0.15) is 0 Å². The molecule has 6 atom stereocenters. The van der Waals surface area contributed by atoms with Crippen LogP contribution in [-0.2, 0) is 11.2 Å². The predicted octanol–water partition coefficient (Wildman–Crippen LogP) is 2.69. The second-order valence-corrected chi connectivity index (χ2v) is 9.89. The third kappa shape index (κ3) is 2.87. The molecule has 1 aromatic heterocycles. The number of amides is 1. The maximum Gasteiger partial charge on any atom is 0.223 e. The normalized spacial score (nSPS) is 38.6. The number of aliphatic hydroxyl groups excluding tert-OH is 1. The summed E-state index contributed by atoms with van der Waals surface area (Å²) in [4.78, 5) is 18.3. The minimum absolute atomic E-state index is 0.0248. The number of thiazole rings is 1. The lowest BCUT2D eigenvalue weighted by Crippen LogP contribution is -2.53. The van der Waals surface area contributed by atoms with Crippen molar-refractivity contribution in [2.24, 2.45) is 23.2 Å². The Bertz CT molecular complexity index is 686. The number of nitrogens with one attached hydrogen (secondary N) is 1. The first-order chi connectivity index (χ1) is 11.8. The van der Waals surface area contributed by atoms with E-state index in [9.17, 15) is 9.90 Å². The molecule has 3 aliphatic carbocycles. The monoisotopic (exact) mass is 363 g/mol. The number of fused-ring (bicyclic) bond motifs is 2. The van der Waals surface area contributed by atoms with E-state index < -0.39 is 6.10 Å². The Hall–Kier alpha value is -1.14. The summed E-state index contributed by atoms with van der Waals surface area (Å²) in [6.45, 7) is 6.44. The number of carbonyl (C=O) groups is 1. The molecule has 1 amide bonds. The molecule has 4 rings (SSSR count). The maximum absolute atomic E-state index is 12.5. The van der Waals surface area contributed by atoms with Crippen LogP contribution in [0.1, 0.15) is 62.9 Å². The van der Waals surface area contributed by atoms with E-state index in [1.54, 1.807) is 11.3 Å². The van der Waals surface area contributed by atoms with Crippen LogP contribution in [-0.4, -0.2) is 28.1 Å². The number of nitrogens with zero attached hydrogens (tertiary/aromatic N) is 1. The number of anilines is 1. The number of carbonyl (C=O) groups excluding carboxylic acids is 1. The van der Waals surface area contributed by atoms with Crippen LogP contribution in [0.15, 0.2) is 0 Å². The summed E-state index contributed by atoms with van der Waals surface area (Å²) in [5.74, 6) is 0.304. The van der Waals surface area contributed by atoms with Crippen LogP contribution in [0.3, 0.4) is 0 Å². The fourth-order valence-corrected chi connectivity index (χ4v) is 6.45. The summed E-state index contributed by atoms with van der Waals surface area (Å²) in [6, 6.07) is 0.370. The molecule has 0 aromatic carbocycles. The zero-order valence-corrected chi connectivity index (χ0v) is 16.1. The van der Waals surface area contributed by atoms with Gasteiger partial charge in [-0.15, -0.1) is 11.3 Å². The minimum atomic E-state index is -0.468. The molecule has 0 spiro atoms. The first-order valence-corrected chi connectivity index (χ1v) is 10.4. The lowest BCUT2D eigenvalue weighted by Gasteiger charge is -2.53. The van der Waals surface area contributed by atoms with Crippen LogP contribution < -0.4 is 11.1 Å². The van der Waals surface area contributed by atoms with Gasteiger partial charge in [-0.2, -0.15) is 0 Å². The maximum atomic E-state index is 12.5. The molecule has 138 valence electrons. The third-order valence-corrected chi connectivity index (χ3v) is 7.82. The Morgan fingerprint density at radius 3 is 2.84 bits per heavy atom. The van der Waals surface area contributed by atoms with Crippen molar-refractivity contribution in [2.75, 3.05) is 5.73 Å². The molecule has 25 heavy (non-hydrogen) atoms. The summed E-state index contributed by atoms with van der Waals surface area (Å²) >= 11 is 1.60. The van der Waals surface area contributed by atoms with Crippen molar-refractivity contribution in [3.63, 3.8) is 0 Å². The number of nitrogen functional groups attached to an aromatic ring is 1. The highest BCUT2D eigenvalue weighted by molar-refractivity contribution is 7.15. The summed E-state index contributed by atoms with van der Waals surface area (Å²) in [6.07, 6.45) is 4.61. The van der Waals surface area contributed by atoms with E-state index >= 15 is 0 Å². The summed E-state index contributed by atoms with van der Waals surface area (Å²) < 4.78 is 0. The van der Waals surface area contributed by atoms with Gasteiger partial charge in [0.2, 0.25) is 5.91 Å². The van der Waals surface area contributed by atoms with E-state index in [1.807, 2.05) is 6.92 Å². The highest BCUT2D eigenvalue weighted by atomic mass is 32.1. The summed E-state index contributed by atoms with van der Waals surface area (Å²) in [5.41, 5.74) is 7.08. The van der Waals surface area contributed by atoms with Gasteiger partial charge in [0, 0.05) is 22.8 Å². The van der Waals surface area contributed by atoms with Gasteiger partial charge in [-0.3, -0.25) is 4.79 Å². The zero-order chi connectivity index (χ0) is 17.9. The molecule has 1 heterocycles. The fraction of sp³-hybridized carbons (Fsp3) is 0.789. The first-order valence-electron chi connectivity index (χ1n) is 9.53. The fourth-order valence-electron chi connectivity index (χ4n) is 5.32. The lowest BCUT2D eigenvalue weighted by atomic mass is 9.53. The molecule has 0 radical (unpaired) electrons. The van der Waals surface area contributed by atoms with E-state index in [2.05, 4.69) is 24.1 Å². The van der Waals surface area contributed by atoms with E-state index in [1.165, 1.54) is 4.88 Å². The highest BCUT2D eigenvalue weighted by Gasteiger charge is 2.53. The van der Waals surface area contributed by atoms with Crippen LogP contribution in [0.5, 0.6) is 0 Å². The van der Waals surface area contributed by atoms with Gasteiger partial charge in [-0.05, 0) is 49.4 Å². The molecule has 4 N–H and O–H groups in total. The molecule has 2 saturated carbocycles. The molecule has 0 aliphatic heterocycles. The molecule has 0 unspecified atom stereocenters. The number of aliphatic hydroxyl groups is 1. The van der Waals surface area contributed by atoms with Crippen LogP contribution in [0.4, 0.5) is 5.13 Å². The summed E-state index contributed by atoms with van der Waals surface area (Å²) in [5, 5.41) is 15.0. The molecule has 0 saturated heterocycles. The molecule has 2 fully saturated rings. The second-order valence-electron chi connectivity index (χ2n) is 8.77. The number of hydrogen-bond acceptors (Lipinski definition) is 5. The van der Waals surface area contributed by atoms with Crippen molar-refractivity contribution < 1.29 is 9.90 Å². The SMILES string of the molecule is C[C@H](C(=O)NC1CC1)[C@@H]1CC[C@]2(C)Cc3sc(N)nc3[C@H](C)[C@@H]2[C@H]1O. The lowest BCUT2D eigenvalue weighted by molar-refractivity contribution is -0.134. The molecular formula is C19H29N3O2S. The summed E-state index contributed by atoms with van der Waals surface area (Å²) in [7, 11) is 0. The Labute approximate surface area is 153 Å². The Morgan fingerprint density at radius 1 is 1.44 bits per heavy atom. The van der Waals surface area contributed by atoms with E-state index in [0.717, 1.165) is 37.8 Å². The van der Waals surface area contributed by atoms with E-state index in [-0.39, 0.29) is 35.0 Å². The number of rotatable bonds is 3. The van der Waals surface area contributed by atoms with Crippen molar-refractivity contribution in [1.82, 2.24) is 10.3 Å². The predicted molar refractivity (Wildman–Crippen MR) is 99.3 cm³/mol. The molecule has 6 heteroatoms. The Balaban J connectivity index is 1.58. The van der Waals surface area contributed by atoms with Crippen molar-refractivity contribution in [3.05, 3.63) is 10.6 Å². The zero-order valence-electron chi connectivity index (χ0n) is 15.3.